The number of fused-ring (bicyclic) bond motifs is 2. The van der Waals surface area contributed by atoms with E-state index in [9.17, 15) is 19.8 Å². The molecule has 11 heteroatoms. The van der Waals surface area contributed by atoms with E-state index in [2.05, 4.69) is 20.9 Å². The highest BCUT2D eigenvalue weighted by molar-refractivity contribution is 9.10. The number of aromatic hydroxyl groups is 1. The summed E-state index contributed by atoms with van der Waals surface area (Å²) in [6, 6.07) is 12.7. The van der Waals surface area contributed by atoms with E-state index in [1.165, 1.54) is 29.4 Å². The zero-order valence-electron chi connectivity index (χ0n) is 22.3. The van der Waals surface area contributed by atoms with Crippen LogP contribution in [0.3, 0.4) is 0 Å². The first-order chi connectivity index (χ1) is 19.7. The Morgan fingerprint density at radius 3 is 2.76 bits per heavy atom. The highest BCUT2D eigenvalue weighted by Gasteiger charge is 2.48. The van der Waals surface area contributed by atoms with Gasteiger partial charge in [-0.25, -0.2) is 4.98 Å². The van der Waals surface area contributed by atoms with Gasteiger partial charge in [0.1, 0.15) is 23.4 Å². The highest BCUT2D eigenvalue weighted by atomic mass is 79.9. The molecule has 1 saturated heterocycles. The number of aliphatic hydroxyl groups excluding tert-OH is 1. The zero-order chi connectivity index (χ0) is 29.0. The van der Waals surface area contributed by atoms with Crippen molar-refractivity contribution in [2.45, 2.75) is 32.4 Å². The van der Waals surface area contributed by atoms with Gasteiger partial charge >= 0.3 is 5.91 Å². The van der Waals surface area contributed by atoms with Gasteiger partial charge < -0.3 is 24.4 Å². The molecule has 1 fully saturated rings. The highest BCUT2D eigenvalue weighted by Crippen LogP contribution is 2.48. The number of anilines is 1. The number of thiazole rings is 1. The molecule has 0 aliphatic carbocycles. The molecule has 1 aromatic heterocycles. The number of phenols is 1. The molecule has 41 heavy (non-hydrogen) atoms. The molecule has 2 atom stereocenters. The molecule has 0 unspecified atom stereocenters. The van der Waals surface area contributed by atoms with Crippen molar-refractivity contribution in [3.8, 4) is 23.0 Å². The minimum Gasteiger partial charge on any atom is -0.507 e. The first kappa shape index (κ1) is 27.1. The molecule has 2 N–H and O–H groups in total. The third-order valence-electron chi connectivity index (χ3n) is 7.07. The van der Waals surface area contributed by atoms with Crippen LogP contribution in [0.25, 0.3) is 16.0 Å². The van der Waals surface area contributed by atoms with Crippen molar-refractivity contribution in [2.24, 2.45) is 0 Å². The third-order valence-corrected chi connectivity index (χ3v) is 8.69. The number of benzene rings is 3. The van der Waals surface area contributed by atoms with Crippen LogP contribution in [0.15, 0.2) is 58.6 Å². The van der Waals surface area contributed by atoms with Crippen molar-refractivity contribution in [3.63, 3.8) is 0 Å². The lowest BCUT2D eigenvalue weighted by Gasteiger charge is -2.24. The predicted octanol–water partition coefficient (Wildman–Crippen LogP) is 6.12. The van der Waals surface area contributed by atoms with Crippen LogP contribution in [0.5, 0.6) is 23.0 Å². The summed E-state index contributed by atoms with van der Waals surface area (Å²) in [5, 5.41) is 22.3. The summed E-state index contributed by atoms with van der Waals surface area (Å²) in [6.45, 7) is 4.34. The number of methoxy groups -OCH3 is 1. The number of hydrogen-bond donors (Lipinski definition) is 2. The van der Waals surface area contributed by atoms with Gasteiger partial charge in [0.15, 0.2) is 16.6 Å². The van der Waals surface area contributed by atoms with E-state index in [0.29, 0.717) is 39.9 Å². The summed E-state index contributed by atoms with van der Waals surface area (Å²) >= 11 is 4.58. The molecule has 0 spiro atoms. The van der Waals surface area contributed by atoms with Crippen LogP contribution in [0, 0.1) is 0 Å². The molecule has 4 aromatic rings. The number of ether oxygens (including phenoxy) is 3. The quantitative estimate of drug-likeness (QED) is 0.148. The number of nitrogens with zero attached hydrogens (tertiary/aromatic N) is 2. The molecule has 9 nitrogen and oxygen atoms in total. The summed E-state index contributed by atoms with van der Waals surface area (Å²) in [5.74, 6) is -0.619. The number of aliphatic hydroxyl groups is 1. The van der Waals surface area contributed by atoms with E-state index in [-0.39, 0.29) is 34.1 Å². The Hall–Kier alpha value is -4.09. The van der Waals surface area contributed by atoms with Crippen molar-refractivity contribution in [3.05, 3.63) is 75.3 Å². The van der Waals surface area contributed by atoms with Crippen LogP contribution >= 0.6 is 27.3 Å². The number of carbonyl (C=O) groups excluding carboxylic acids is 2. The first-order valence-corrected chi connectivity index (χ1v) is 14.5. The van der Waals surface area contributed by atoms with Crippen LogP contribution in [0.4, 0.5) is 5.13 Å². The van der Waals surface area contributed by atoms with Gasteiger partial charge in [-0.2, -0.15) is 0 Å². The van der Waals surface area contributed by atoms with Gasteiger partial charge in [-0.15, -0.1) is 0 Å². The summed E-state index contributed by atoms with van der Waals surface area (Å²) in [4.78, 5) is 33.3. The fourth-order valence-electron chi connectivity index (χ4n) is 5.23. The second kappa shape index (κ2) is 10.4. The summed E-state index contributed by atoms with van der Waals surface area (Å²) < 4.78 is 17.8. The van der Waals surface area contributed by atoms with Gasteiger partial charge in [-0.05, 0) is 89.4 Å². The molecule has 0 radical (unpaired) electrons. The molecule has 2 aliphatic heterocycles. The van der Waals surface area contributed by atoms with Gasteiger partial charge in [0, 0.05) is 12.0 Å². The number of hydrogen-bond acceptors (Lipinski definition) is 9. The Morgan fingerprint density at radius 1 is 1.20 bits per heavy atom. The molecule has 0 bridgehead atoms. The maximum absolute atomic E-state index is 13.7. The maximum Gasteiger partial charge on any atom is 0.301 e. The predicted molar refractivity (Wildman–Crippen MR) is 158 cm³/mol. The maximum atomic E-state index is 13.7. The second-order valence-corrected chi connectivity index (χ2v) is 11.6. The molecule has 0 saturated carbocycles. The van der Waals surface area contributed by atoms with Crippen molar-refractivity contribution in [1.82, 2.24) is 4.98 Å². The number of amides is 1. The smallest absolute Gasteiger partial charge is 0.301 e. The molecule has 6 rings (SSSR count). The van der Waals surface area contributed by atoms with Gasteiger partial charge in [0.05, 0.1) is 40.0 Å². The lowest BCUT2D eigenvalue weighted by atomic mass is 9.94. The van der Waals surface area contributed by atoms with Crippen molar-refractivity contribution in [1.29, 1.82) is 0 Å². The zero-order valence-corrected chi connectivity index (χ0v) is 24.7. The molecule has 210 valence electrons. The van der Waals surface area contributed by atoms with Crippen LogP contribution in [0.1, 0.15) is 36.6 Å². The van der Waals surface area contributed by atoms with Crippen LogP contribution in [-0.4, -0.2) is 46.7 Å². The minimum absolute atomic E-state index is 0.00272. The minimum atomic E-state index is -1.06. The van der Waals surface area contributed by atoms with Gasteiger partial charge in [-0.3, -0.25) is 14.5 Å². The number of carbonyl (C=O) groups is 2. The van der Waals surface area contributed by atoms with E-state index in [0.717, 1.165) is 16.0 Å². The largest absolute Gasteiger partial charge is 0.507 e. The number of aromatic nitrogens is 1. The molecular weight excluding hydrogens is 612 g/mol. The number of halogens is 1. The van der Waals surface area contributed by atoms with Crippen LogP contribution in [0.2, 0.25) is 0 Å². The van der Waals surface area contributed by atoms with Gasteiger partial charge in [0.2, 0.25) is 0 Å². The summed E-state index contributed by atoms with van der Waals surface area (Å²) in [7, 11) is 1.40. The topological polar surface area (TPSA) is 118 Å². The fourth-order valence-corrected chi connectivity index (χ4v) is 6.71. The van der Waals surface area contributed by atoms with E-state index in [4.69, 9.17) is 14.2 Å². The standard InChI is InChI=1S/C30H25BrN2O7S/c1-4-39-18-6-7-20-23(13-18)41-30(32-20)33-25(17-11-19(31)27(35)22(12-17)38-3)24(28(36)29(33)37)26(34)15-5-8-21-16(10-15)9-14(2)40-21/h5-8,10-14,25,34-35H,4,9H2,1-3H3/t14-,25+/m1/s1. The lowest BCUT2D eigenvalue weighted by molar-refractivity contribution is -0.132. The van der Waals surface area contributed by atoms with E-state index >= 15 is 0 Å². The Balaban J connectivity index is 1.55. The summed E-state index contributed by atoms with van der Waals surface area (Å²) in [6.07, 6.45) is 0.656. The number of ketones is 1. The average molecular weight is 638 g/mol. The van der Waals surface area contributed by atoms with Crippen molar-refractivity contribution < 1.29 is 34.0 Å². The fraction of sp³-hybridized carbons (Fsp3) is 0.233. The van der Waals surface area contributed by atoms with Crippen molar-refractivity contribution >= 4 is 60.1 Å². The average Bonchev–Trinajstić information content (AvgIpc) is 3.61. The normalized spacial score (nSPS) is 19.5. The Bertz CT molecular complexity index is 1770. The van der Waals surface area contributed by atoms with Gasteiger partial charge in [0.25, 0.3) is 5.78 Å². The monoisotopic (exact) mass is 636 g/mol. The van der Waals surface area contributed by atoms with Crippen LogP contribution < -0.4 is 19.1 Å². The summed E-state index contributed by atoms with van der Waals surface area (Å²) in [5.41, 5.74) is 2.25. The first-order valence-electron chi connectivity index (χ1n) is 12.9. The Morgan fingerprint density at radius 2 is 2.00 bits per heavy atom. The van der Waals surface area contributed by atoms with Gasteiger partial charge in [-0.1, -0.05) is 11.3 Å². The molecule has 1 amide bonds. The Labute approximate surface area is 247 Å². The number of Topliss-reactive ketones (excluding diaryl/α,β-unsaturated/α-hetero) is 1. The third kappa shape index (κ3) is 4.58. The molecular formula is C30H25BrN2O7S. The molecule has 3 heterocycles. The molecule has 3 aromatic carbocycles. The SMILES string of the molecule is CCOc1ccc2nc(N3C(=O)C(=O)C(=C(O)c4ccc5c(c4)C[C@@H](C)O5)[C@@H]3c3cc(Br)c(O)c(OC)c3)sc2c1. The Kier molecular flexibility index (Phi) is 6.87. The molecule has 2 aliphatic rings. The number of phenolic OH excluding ortho intramolecular Hbond substituents is 1. The lowest BCUT2D eigenvalue weighted by Crippen LogP contribution is -2.29. The second-order valence-electron chi connectivity index (χ2n) is 9.74. The van der Waals surface area contributed by atoms with Crippen molar-refractivity contribution in [2.75, 3.05) is 18.6 Å². The van der Waals surface area contributed by atoms with Crippen LogP contribution in [-0.2, 0) is 16.0 Å². The van der Waals surface area contributed by atoms with E-state index in [1.54, 1.807) is 36.4 Å². The van der Waals surface area contributed by atoms with E-state index < -0.39 is 17.7 Å². The number of rotatable bonds is 6. The van der Waals surface area contributed by atoms with E-state index in [1.807, 2.05) is 19.9 Å².